The van der Waals surface area contributed by atoms with E-state index < -0.39 is 11.6 Å². The molecule has 0 nitrogen and oxygen atoms in total. The molecule has 25 heavy (non-hydrogen) atoms. The van der Waals surface area contributed by atoms with Gasteiger partial charge in [-0.2, -0.15) is 0 Å². The standard InChI is InChI=1S/C23H28F2/c1-3-4-17-5-7-19(8-6-17)20-11-9-18(10-12-20)16(2)21-13-22(24)15-23(25)14-21/h9-17,19H,3-8H2,1-2H3. The summed E-state index contributed by atoms with van der Waals surface area (Å²) in [6.45, 7) is 4.27. The molecule has 1 fully saturated rings. The van der Waals surface area contributed by atoms with E-state index in [1.807, 2.05) is 6.92 Å². The van der Waals surface area contributed by atoms with Crippen LogP contribution in [0.4, 0.5) is 8.78 Å². The molecule has 1 aliphatic rings. The van der Waals surface area contributed by atoms with Crippen LogP contribution in [0.15, 0.2) is 42.5 Å². The van der Waals surface area contributed by atoms with Gasteiger partial charge >= 0.3 is 0 Å². The molecule has 0 radical (unpaired) electrons. The van der Waals surface area contributed by atoms with Crippen molar-refractivity contribution >= 4 is 0 Å². The second-order valence-corrected chi connectivity index (χ2v) is 7.60. The fraction of sp³-hybridized carbons (Fsp3) is 0.478. The van der Waals surface area contributed by atoms with Gasteiger partial charge in [-0.25, -0.2) is 8.78 Å². The van der Waals surface area contributed by atoms with Crippen molar-refractivity contribution in [3.8, 4) is 0 Å². The molecule has 0 aliphatic heterocycles. The Bertz CT molecular complexity index is 661. The van der Waals surface area contributed by atoms with Gasteiger partial charge < -0.3 is 0 Å². The zero-order valence-electron chi connectivity index (χ0n) is 15.3. The zero-order chi connectivity index (χ0) is 17.8. The van der Waals surface area contributed by atoms with Crippen molar-refractivity contribution in [1.29, 1.82) is 0 Å². The quantitative estimate of drug-likeness (QED) is 0.539. The highest BCUT2D eigenvalue weighted by Gasteiger charge is 2.22. The van der Waals surface area contributed by atoms with Crippen molar-refractivity contribution in [1.82, 2.24) is 0 Å². The summed E-state index contributed by atoms with van der Waals surface area (Å²) in [5.74, 6) is 0.552. The van der Waals surface area contributed by atoms with E-state index in [9.17, 15) is 8.78 Å². The lowest BCUT2D eigenvalue weighted by molar-refractivity contribution is 0.308. The van der Waals surface area contributed by atoms with E-state index in [2.05, 4.69) is 31.2 Å². The van der Waals surface area contributed by atoms with E-state index in [0.29, 0.717) is 11.5 Å². The molecule has 0 saturated heterocycles. The Morgan fingerprint density at radius 1 is 0.880 bits per heavy atom. The molecule has 0 N–H and O–H groups in total. The van der Waals surface area contributed by atoms with Crippen LogP contribution in [0.2, 0.25) is 0 Å². The summed E-state index contributed by atoms with van der Waals surface area (Å²) in [4.78, 5) is 0. The lowest BCUT2D eigenvalue weighted by Gasteiger charge is -2.28. The Kier molecular flexibility index (Phi) is 5.88. The molecule has 0 aromatic heterocycles. The van der Waals surface area contributed by atoms with Gasteiger partial charge in [0.25, 0.3) is 0 Å². The van der Waals surface area contributed by atoms with E-state index in [-0.39, 0.29) is 5.92 Å². The van der Waals surface area contributed by atoms with E-state index in [0.717, 1.165) is 17.5 Å². The van der Waals surface area contributed by atoms with Crippen LogP contribution in [0.5, 0.6) is 0 Å². The van der Waals surface area contributed by atoms with Crippen molar-refractivity contribution < 1.29 is 8.78 Å². The Hall–Kier alpha value is -1.70. The molecule has 0 amide bonds. The third-order valence-corrected chi connectivity index (χ3v) is 5.84. The molecule has 0 bridgehead atoms. The average Bonchev–Trinajstić information content (AvgIpc) is 2.61. The summed E-state index contributed by atoms with van der Waals surface area (Å²) >= 11 is 0. The average molecular weight is 342 g/mol. The van der Waals surface area contributed by atoms with Crippen LogP contribution in [0, 0.1) is 17.6 Å². The molecule has 1 atom stereocenters. The molecule has 134 valence electrons. The predicted octanol–water partition coefficient (Wildman–Crippen LogP) is 7.19. The van der Waals surface area contributed by atoms with Crippen LogP contribution >= 0.6 is 0 Å². The summed E-state index contributed by atoms with van der Waals surface area (Å²) in [5.41, 5.74) is 3.20. The topological polar surface area (TPSA) is 0 Å². The maximum atomic E-state index is 13.5. The highest BCUT2D eigenvalue weighted by Crippen LogP contribution is 2.38. The van der Waals surface area contributed by atoms with Crippen LogP contribution in [-0.2, 0) is 0 Å². The van der Waals surface area contributed by atoms with Gasteiger partial charge in [-0.1, -0.05) is 51.0 Å². The van der Waals surface area contributed by atoms with Crippen molar-refractivity contribution in [3.05, 3.63) is 70.8 Å². The minimum Gasteiger partial charge on any atom is -0.207 e. The smallest absolute Gasteiger partial charge is 0.126 e. The SMILES string of the molecule is CCCC1CCC(c2ccc(C(C)c3cc(F)cc(F)c3)cc2)CC1. The van der Waals surface area contributed by atoms with E-state index in [4.69, 9.17) is 0 Å². The first kappa shape index (κ1) is 18.1. The van der Waals surface area contributed by atoms with Crippen molar-refractivity contribution in [2.75, 3.05) is 0 Å². The normalized spacial score (nSPS) is 21.9. The Morgan fingerprint density at radius 2 is 1.48 bits per heavy atom. The summed E-state index contributed by atoms with van der Waals surface area (Å²) in [6, 6.07) is 12.5. The van der Waals surface area contributed by atoms with E-state index in [1.165, 1.54) is 56.2 Å². The van der Waals surface area contributed by atoms with Crippen LogP contribution in [0.1, 0.15) is 80.9 Å². The Morgan fingerprint density at radius 3 is 2.04 bits per heavy atom. The molecule has 0 heterocycles. The van der Waals surface area contributed by atoms with Gasteiger partial charge in [0.2, 0.25) is 0 Å². The van der Waals surface area contributed by atoms with E-state index in [1.54, 1.807) is 0 Å². The number of halogens is 2. The number of hydrogen-bond acceptors (Lipinski definition) is 0. The highest BCUT2D eigenvalue weighted by atomic mass is 19.1. The molecule has 2 heteroatoms. The van der Waals surface area contributed by atoms with E-state index >= 15 is 0 Å². The minimum absolute atomic E-state index is 0.0143. The summed E-state index contributed by atoms with van der Waals surface area (Å²) < 4.78 is 26.9. The van der Waals surface area contributed by atoms with Crippen LogP contribution < -0.4 is 0 Å². The van der Waals surface area contributed by atoms with Crippen LogP contribution in [0.3, 0.4) is 0 Å². The molecular weight excluding hydrogens is 314 g/mol. The summed E-state index contributed by atoms with van der Waals surface area (Å²) in [5, 5.41) is 0. The lowest BCUT2D eigenvalue weighted by atomic mass is 9.77. The second-order valence-electron chi connectivity index (χ2n) is 7.60. The van der Waals surface area contributed by atoms with Gasteiger partial charge in [0.1, 0.15) is 11.6 Å². The number of rotatable bonds is 5. The third kappa shape index (κ3) is 4.48. The fourth-order valence-corrected chi connectivity index (χ4v) is 4.27. The molecule has 0 spiro atoms. The molecule has 2 aromatic carbocycles. The fourth-order valence-electron chi connectivity index (χ4n) is 4.27. The van der Waals surface area contributed by atoms with Crippen molar-refractivity contribution in [2.24, 2.45) is 5.92 Å². The molecular formula is C23H28F2. The summed E-state index contributed by atoms with van der Waals surface area (Å²) in [6.07, 6.45) is 7.93. The molecule has 2 aromatic rings. The second kappa shape index (κ2) is 8.12. The first-order chi connectivity index (χ1) is 12.1. The lowest BCUT2D eigenvalue weighted by Crippen LogP contribution is -2.13. The molecule has 1 saturated carbocycles. The summed E-state index contributed by atoms with van der Waals surface area (Å²) in [7, 11) is 0. The molecule has 3 rings (SSSR count). The maximum absolute atomic E-state index is 13.5. The predicted molar refractivity (Wildman–Crippen MR) is 99.9 cm³/mol. The van der Waals surface area contributed by atoms with Gasteiger partial charge in [-0.15, -0.1) is 0 Å². The van der Waals surface area contributed by atoms with Crippen molar-refractivity contribution in [2.45, 2.75) is 64.2 Å². The number of benzene rings is 2. The molecule has 1 aliphatic carbocycles. The van der Waals surface area contributed by atoms with Gasteiger partial charge in [-0.05, 0) is 66.3 Å². The Labute approximate surface area is 150 Å². The first-order valence-corrected chi connectivity index (χ1v) is 9.62. The maximum Gasteiger partial charge on any atom is 0.126 e. The van der Waals surface area contributed by atoms with Gasteiger partial charge in [0.15, 0.2) is 0 Å². The first-order valence-electron chi connectivity index (χ1n) is 9.62. The largest absolute Gasteiger partial charge is 0.207 e. The van der Waals surface area contributed by atoms with Gasteiger partial charge in [0.05, 0.1) is 0 Å². The zero-order valence-corrected chi connectivity index (χ0v) is 15.3. The van der Waals surface area contributed by atoms with Crippen LogP contribution in [0.25, 0.3) is 0 Å². The third-order valence-electron chi connectivity index (χ3n) is 5.84. The van der Waals surface area contributed by atoms with Gasteiger partial charge in [-0.3, -0.25) is 0 Å². The van der Waals surface area contributed by atoms with Crippen LogP contribution in [-0.4, -0.2) is 0 Å². The molecule has 1 unspecified atom stereocenters. The monoisotopic (exact) mass is 342 g/mol. The highest BCUT2D eigenvalue weighted by molar-refractivity contribution is 5.35. The van der Waals surface area contributed by atoms with Crippen molar-refractivity contribution in [3.63, 3.8) is 0 Å². The Balaban J connectivity index is 1.68. The number of hydrogen-bond donors (Lipinski definition) is 0. The minimum atomic E-state index is -0.512. The van der Waals surface area contributed by atoms with Gasteiger partial charge in [0, 0.05) is 12.0 Å².